The van der Waals surface area contributed by atoms with Crippen LogP contribution in [0.1, 0.15) is 309 Å². The lowest BCUT2D eigenvalue weighted by Crippen LogP contribution is -2.45. The van der Waals surface area contributed by atoms with E-state index in [1.54, 1.807) is 0 Å². The number of esters is 1. The average Bonchev–Trinajstić information content (AvgIpc) is 3.27. The van der Waals surface area contributed by atoms with Crippen molar-refractivity contribution in [2.45, 2.75) is 321 Å². The lowest BCUT2D eigenvalue weighted by molar-refractivity contribution is -0.143. The number of unbranched alkanes of at least 4 members (excludes halogenated alkanes) is 39. The minimum Gasteiger partial charge on any atom is -0.466 e. The van der Waals surface area contributed by atoms with Crippen LogP contribution in [0.4, 0.5) is 0 Å². The Kier molecular flexibility index (Phi) is 51.0. The number of hydrogen-bond donors (Lipinski definition) is 3. The topological polar surface area (TPSA) is 95.9 Å². The highest BCUT2D eigenvalue weighted by molar-refractivity contribution is 5.76. The van der Waals surface area contributed by atoms with E-state index < -0.39 is 12.1 Å². The van der Waals surface area contributed by atoms with Gasteiger partial charge in [0.2, 0.25) is 5.91 Å². The summed E-state index contributed by atoms with van der Waals surface area (Å²) in [7, 11) is 0. The van der Waals surface area contributed by atoms with Gasteiger partial charge in [0, 0.05) is 12.8 Å². The highest BCUT2D eigenvalue weighted by Gasteiger charge is 2.20. The average molecular weight is 876 g/mol. The third kappa shape index (κ3) is 48.1. The maximum absolute atomic E-state index is 12.4. The quantitative estimate of drug-likeness (QED) is 0.0321. The summed E-state index contributed by atoms with van der Waals surface area (Å²) in [5, 5.41) is 23.2. The number of hydrogen-bond acceptors (Lipinski definition) is 5. The first-order chi connectivity index (χ1) is 30.5. The monoisotopic (exact) mass is 876 g/mol. The Morgan fingerprint density at radius 1 is 0.435 bits per heavy atom. The number of allylic oxidation sites excluding steroid dienone is 2. The molecule has 0 aromatic heterocycles. The first-order valence-corrected chi connectivity index (χ1v) is 27.9. The minimum atomic E-state index is -0.662. The molecule has 0 aliphatic rings. The molecule has 2 atom stereocenters. The molecule has 0 saturated carbocycles. The van der Waals surface area contributed by atoms with Gasteiger partial charge in [0.25, 0.3) is 0 Å². The molecule has 6 nitrogen and oxygen atoms in total. The van der Waals surface area contributed by atoms with E-state index in [0.717, 1.165) is 44.9 Å². The number of carbonyl (C=O) groups is 2. The van der Waals surface area contributed by atoms with E-state index >= 15 is 0 Å². The Morgan fingerprint density at radius 2 is 0.758 bits per heavy atom. The largest absolute Gasteiger partial charge is 0.466 e. The lowest BCUT2D eigenvalue weighted by Gasteiger charge is -2.22. The molecule has 0 radical (unpaired) electrons. The third-order valence-electron chi connectivity index (χ3n) is 13.1. The van der Waals surface area contributed by atoms with Crippen molar-refractivity contribution in [2.75, 3.05) is 13.2 Å². The van der Waals surface area contributed by atoms with Crippen LogP contribution in [0, 0.1) is 0 Å². The van der Waals surface area contributed by atoms with Gasteiger partial charge >= 0.3 is 5.97 Å². The zero-order chi connectivity index (χ0) is 45.1. The summed E-state index contributed by atoms with van der Waals surface area (Å²) in [5.74, 6) is -0.0332. The smallest absolute Gasteiger partial charge is 0.305 e. The van der Waals surface area contributed by atoms with Gasteiger partial charge in [0.05, 0.1) is 25.4 Å². The maximum Gasteiger partial charge on any atom is 0.305 e. The van der Waals surface area contributed by atoms with Crippen LogP contribution in [0.5, 0.6) is 0 Å². The van der Waals surface area contributed by atoms with E-state index in [2.05, 4.69) is 31.3 Å². The number of aliphatic hydroxyl groups is 2. The van der Waals surface area contributed by atoms with Crippen LogP contribution < -0.4 is 5.32 Å². The van der Waals surface area contributed by atoms with Crippen molar-refractivity contribution in [1.82, 2.24) is 5.32 Å². The van der Waals surface area contributed by atoms with E-state index in [1.165, 1.54) is 231 Å². The van der Waals surface area contributed by atoms with Crippen molar-refractivity contribution >= 4 is 11.9 Å². The molecule has 3 N–H and O–H groups in total. The Balaban J connectivity index is 3.36. The molecule has 0 aliphatic heterocycles. The molecule has 2 unspecified atom stereocenters. The first-order valence-electron chi connectivity index (χ1n) is 27.9. The number of aliphatic hydroxyl groups excluding tert-OH is 2. The molecular formula is C56H109NO5. The Morgan fingerprint density at radius 3 is 1.16 bits per heavy atom. The van der Waals surface area contributed by atoms with Crippen LogP contribution in [0.2, 0.25) is 0 Å². The minimum absolute atomic E-state index is 0.00293. The fourth-order valence-corrected chi connectivity index (χ4v) is 8.75. The molecule has 0 aromatic carbocycles. The van der Waals surface area contributed by atoms with Crippen molar-refractivity contribution in [1.29, 1.82) is 0 Å². The molecule has 368 valence electrons. The first kappa shape index (κ1) is 60.6. The number of amides is 1. The Labute approximate surface area is 387 Å². The highest BCUT2D eigenvalue weighted by atomic mass is 16.5. The van der Waals surface area contributed by atoms with E-state index in [9.17, 15) is 19.8 Å². The van der Waals surface area contributed by atoms with Gasteiger partial charge in [-0.25, -0.2) is 0 Å². The van der Waals surface area contributed by atoms with Gasteiger partial charge in [-0.3, -0.25) is 9.59 Å². The molecule has 0 heterocycles. The van der Waals surface area contributed by atoms with Crippen LogP contribution in [0.3, 0.4) is 0 Å². The summed E-state index contributed by atoms with van der Waals surface area (Å²) in [4.78, 5) is 24.4. The van der Waals surface area contributed by atoms with Gasteiger partial charge in [-0.15, -0.1) is 0 Å². The van der Waals surface area contributed by atoms with E-state index in [4.69, 9.17) is 4.74 Å². The van der Waals surface area contributed by atoms with Crippen molar-refractivity contribution in [2.24, 2.45) is 0 Å². The zero-order valence-electron chi connectivity index (χ0n) is 41.9. The van der Waals surface area contributed by atoms with Gasteiger partial charge in [-0.05, 0) is 51.4 Å². The second-order valence-electron chi connectivity index (χ2n) is 19.3. The van der Waals surface area contributed by atoms with Crippen molar-refractivity contribution in [3.8, 4) is 0 Å². The molecule has 62 heavy (non-hydrogen) atoms. The summed E-state index contributed by atoms with van der Waals surface area (Å²) in [5.41, 5.74) is 0. The van der Waals surface area contributed by atoms with Crippen LogP contribution in [-0.4, -0.2) is 47.4 Å². The number of rotatable bonds is 52. The fraction of sp³-hybridized carbons (Fsp3) is 0.929. The molecule has 0 bridgehead atoms. The van der Waals surface area contributed by atoms with E-state index in [-0.39, 0.29) is 18.5 Å². The van der Waals surface area contributed by atoms with Gasteiger partial charge in [0.1, 0.15) is 0 Å². The van der Waals surface area contributed by atoms with Gasteiger partial charge in [-0.2, -0.15) is 0 Å². The summed E-state index contributed by atoms with van der Waals surface area (Å²) in [6.07, 6.45) is 60.6. The molecule has 0 saturated heterocycles. The highest BCUT2D eigenvalue weighted by Crippen LogP contribution is 2.17. The third-order valence-corrected chi connectivity index (χ3v) is 13.1. The van der Waals surface area contributed by atoms with Gasteiger partial charge in [0.15, 0.2) is 0 Å². The summed E-state index contributed by atoms with van der Waals surface area (Å²) < 4.78 is 5.47. The molecule has 1 amide bonds. The normalized spacial score (nSPS) is 12.6. The van der Waals surface area contributed by atoms with Crippen LogP contribution >= 0.6 is 0 Å². The van der Waals surface area contributed by atoms with E-state index in [0.29, 0.717) is 25.9 Å². The maximum atomic E-state index is 12.4. The van der Waals surface area contributed by atoms with Gasteiger partial charge < -0.3 is 20.3 Å². The predicted molar refractivity (Wildman–Crippen MR) is 269 cm³/mol. The molecular weight excluding hydrogens is 767 g/mol. The summed E-state index contributed by atoms with van der Waals surface area (Å²) in [6.45, 7) is 4.93. The van der Waals surface area contributed by atoms with Gasteiger partial charge in [-0.1, -0.05) is 257 Å². The van der Waals surface area contributed by atoms with Crippen LogP contribution in [0.25, 0.3) is 0 Å². The molecule has 0 rings (SSSR count). The van der Waals surface area contributed by atoms with Crippen molar-refractivity contribution in [3.05, 3.63) is 12.2 Å². The summed E-state index contributed by atoms with van der Waals surface area (Å²) >= 11 is 0. The number of carbonyl (C=O) groups excluding carboxylic acids is 2. The lowest BCUT2D eigenvalue weighted by atomic mass is 10.0. The second-order valence-corrected chi connectivity index (χ2v) is 19.3. The molecule has 0 spiro atoms. The second kappa shape index (κ2) is 52.2. The summed E-state index contributed by atoms with van der Waals surface area (Å²) in [6, 6.07) is -0.540. The van der Waals surface area contributed by atoms with Crippen LogP contribution in [0.15, 0.2) is 12.2 Å². The van der Waals surface area contributed by atoms with E-state index in [1.807, 2.05) is 0 Å². The molecule has 6 heteroatoms. The number of ether oxygens (including phenoxy) is 1. The standard InChI is InChI=1S/C56H109NO5/c1-3-5-7-9-11-13-15-25-30-34-38-42-46-50-56(61)62-51-47-43-39-35-31-27-24-22-20-18-16-17-19-21-23-26-29-33-37-41-45-49-55(60)57-53(52-58)54(59)48-44-40-36-32-28-14-12-10-8-6-4-2/h13,15,53-54,58-59H,3-12,14,16-52H2,1-2H3,(H,57,60)/b15-13-. The predicted octanol–water partition coefficient (Wildman–Crippen LogP) is 16.9. The molecule has 0 fully saturated rings. The molecule has 0 aliphatic carbocycles. The fourth-order valence-electron chi connectivity index (χ4n) is 8.75. The Hall–Kier alpha value is -1.40. The van der Waals surface area contributed by atoms with Crippen molar-refractivity contribution in [3.63, 3.8) is 0 Å². The van der Waals surface area contributed by atoms with Crippen molar-refractivity contribution < 1.29 is 24.5 Å². The number of nitrogens with one attached hydrogen (secondary N) is 1. The van der Waals surface area contributed by atoms with Crippen LogP contribution in [-0.2, 0) is 14.3 Å². The Bertz CT molecular complexity index is 924. The zero-order valence-corrected chi connectivity index (χ0v) is 41.9. The molecule has 0 aromatic rings. The SMILES string of the molecule is CCCCCC/C=C\CCCCCCCC(=O)OCCCCCCCCCCCCCCCCCCCCCCCC(=O)NC(CO)C(O)CCCCCCCCCCCCC.